The molecule has 4 heteroatoms. The molecule has 0 aromatic heterocycles. The van der Waals surface area contributed by atoms with Gasteiger partial charge >= 0.3 is 0 Å². The molecule has 0 amide bonds. The van der Waals surface area contributed by atoms with E-state index in [9.17, 15) is 8.42 Å². The second-order valence-electron chi connectivity index (χ2n) is 3.66. The summed E-state index contributed by atoms with van der Waals surface area (Å²) in [7, 11) is -2.78. The molecule has 0 radical (unpaired) electrons. The molecule has 3 nitrogen and oxygen atoms in total. The van der Waals surface area contributed by atoms with Crippen LogP contribution in [0.2, 0.25) is 0 Å². The van der Waals surface area contributed by atoms with Crippen LogP contribution in [0, 0.1) is 5.92 Å². The summed E-state index contributed by atoms with van der Waals surface area (Å²) in [6.45, 7) is 2.80. The largest absolute Gasteiger partial charge is 0.330 e. The minimum Gasteiger partial charge on any atom is -0.330 e. The molecule has 0 bridgehead atoms. The number of sulfone groups is 1. The molecule has 0 spiro atoms. The molecule has 80 valence electrons. The van der Waals surface area contributed by atoms with E-state index >= 15 is 0 Å². The average molecular weight is 207 g/mol. The quantitative estimate of drug-likeness (QED) is 0.682. The zero-order valence-corrected chi connectivity index (χ0v) is 9.44. The summed E-state index contributed by atoms with van der Waals surface area (Å²) < 4.78 is 21.7. The highest BCUT2D eigenvalue weighted by Gasteiger charge is 2.07. The molecule has 0 rings (SSSR count). The van der Waals surface area contributed by atoms with Crippen LogP contribution in [0.3, 0.4) is 0 Å². The first kappa shape index (κ1) is 12.9. The van der Waals surface area contributed by atoms with Crippen molar-refractivity contribution >= 4 is 9.84 Å². The van der Waals surface area contributed by atoms with Crippen molar-refractivity contribution in [1.82, 2.24) is 0 Å². The number of hydrogen-bond donors (Lipinski definition) is 1. The lowest BCUT2D eigenvalue weighted by Gasteiger charge is -2.12. The first-order chi connectivity index (χ1) is 5.99. The molecule has 0 aromatic rings. The van der Waals surface area contributed by atoms with Gasteiger partial charge in [-0.3, -0.25) is 0 Å². The highest BCUT2D eigenvalue weighted by atomic mass is 32.2. The van der Waals surface area contributed by atoms with Crippen LogP contribution in [-0.4, -0.2) is 27.0 Å². The number of hydrogen-bond acceptors (Lipinski definition) is 3. The van der Waals surface area contributed by atoms with Gasteiger partial charge in [0.05, 0.1) is 0 Å². The Balaban J connectivity index is 3.61. The molecule has 0 aliphatic heterocycles. The molecule has 2 N–H and O–H groups in total. The third-order valence-electron chi connectivity index (χ3n) is 2.16. The Morgan fingerprint density at radius 1 is 1.31 bits per heavy atom. The Morgan fingerprint density at radius 2 is 1.92 bits per heavy atom. The van der Waals surface area contributed by atoms with Gasteiger partial charge in [0.25, 0.3) is 0 Å². The highest BCUT2D eigenvalue weighted by Crippen LogP contribution is 2.12. The highest BCUT2D eigenvalue weighted by molar-refractivity contribution is 7.90. The van der Waals surface area contributed by atoms with E-state index in [1.807, 2.05) is 0 Å². The van der Waals surface area contributed by atoms with Crippen molar-refractivity contribution in [3.05, 3.63) is 0 Å². The first-order valence-corrected chi connectivity index (χ1v) is 6.93. The molecule has 0 aliphatic rings. The second-order valence-corrected chi connectivity index (χ2v) is 5.92. The summed E-state index contributed by atoms with van der Waals surface area (Å²) in [5.41, 5.74) is 5.56. The molecular weight excluding hydrogens is 186 g/mol. The van der Waals surface area contributed by atoms with Gasteiger partial charge in [0.2, 0.25) is 0 Å². The van der Waals surface area contributed by atoms with E-state index in [1.54, 1.807) is 0 Å². The fourth-order valence-electron chi connectivity index (χ4n) is 1.42. The van der Waals surface area contributed by atoms with Gasteiger partial charge in [0.1, 0.15) is 9.84 Å². The van der Waals surface area contributed by atoms with E-state index in [0.29, 0.717) is 18.2 Å². The van der Waals surface area contributed by atoms with Crippen molar-refractivity contribution in [1.29, 1.82) is 0 Å². The molecule has 0 aliphatic carbocycles. The Bertz CT molecular complexity index is 212. The molecule has 0 saturated heterocycles. The van der Waals surface area contributed by atoms with Crippen molar-refractivity contribution in [2.24, 2.45) is 11.7 Å². The summed E-state index contributed by atoms with van der Waals surface area (Å²) in [5, 5.41) is 0. The first-order valence-electron chi connectivity index (χ1n) is 4.87. The van der Waals surface area contributed by atoms with Gasteiger partial charge in [-0.1, -0.05) is 13.3 Å². The predicted octanol–water partition coefficient (Wildman–Crippen LogP) is 1.19. The summed E-state index contributed by atoms with van der Waals surface area (Å²) in [6.07, 6.45) is 5.21. The minimum atomic E-state index is -2.78. The van der Waals surface area contributed by atoms with Crippen LogP contribution in [0.15, 0.2) is 0 Å². The minimum absolute atomic E-state index is 0.299. The van der Waals surface area contributed by atoms with Crippen molar-refractivity contribution in [2.75, 3.05) is 18.6 Å². The maximum absolute atomic E-state index is 10.8. The Hall–Kier alpha value is -0.0900. The lowest BCUT2D eigenvalue weighted by molar-refractivity contribution is 0.450. The van der Waals surface area contributed by atoms with Crippen LogP contribution in [0.25, 0.3) is 0 Å². The van der Waals surface area contributed by atoms with Crippen LogP contribution in [0.5, 0.6) is 0 Å². The Kier molecular flexibility index (Phi) is 6.33. The van der Waals surface area contributed by atoms with E-state index in [-0.39, 0.29) is 0 Å². The van der Waals surface area contributed by atoms with Gasteiger partial charge in [-0.2, -0.15) is 0 Å². The SMILES string of the molecule is CCCC(CN)CCCS(C)(=O)=O. The number of rotatable bonds is 7. The maximum atomic E-state index is 10.8. The van der Waals surface area contributed by atoms with Crippen LogP contribution >= 0.6 is 0 Å². The number of nitrogens with two attached hydrogens (primary N) is 1. The van der Waals surface area contributed by atoms with Gasteiger partial charge in [-0.15, -0.1) is 0 Å². The lowest BCUT2D eigenvalue weighted by atomic mass is 9.99. The van der Waals surface area contributed by atoms with Crippen LogP contribution < -0.4 is 5.73 Å². The topological polar surface area (TPSA) is 60.2 Å². The van der Waals surface area contributed by atoms with Gasteiger partial charge in [0.15, 0.2) is 0 Å². The summed E-state index contributed by atoms with van der Waals surface area (Å²) in [5.74, 6) is 0.805. The van der Waals surface area contributed by atoms with E-state index in [4.69, 9.17) is 5.73 Å². The smallest absolute Gasteiger partial charge is 0.147 e. The molecule has 0 heterocycles. The van der Waals surface area contributed by atoms with Gasteiger partial charge in [0, 0.05) is 12.0 Å². The van der Waals surface area contributed by atoms with Crippen LogP contribution in [0.4, 0.5) is 0 Å². The van der Waals surface area contributed by atoms with E-state index in [2.05, 4.69) is 6.92 Å². The zero-order chi connectivity index (χ0) is 10.3. The van der Waals surface area contributed by atoms with Gasteiger partial charge < -0.3 is 5.73 Å². The Labute approximate surface area is 81.6 Å². The fraction of sp³-hybridized carbons (Fsp3) is 1.00. The normalized spacial score (nSPS) is 14.4. The van der Waals surface area contributed by atoms with Crippen molar-refractivity contribution < 1.29 is 8.42 Å². The van der Waals surface area contributed by atoms with Gasteiger partial charge in [-0.05, 0) is 31.7 Å². The zero-order valence-electron chi connectivity index (χ0n) is 8.62. The summed E-state index contributed by atoms with van der Waals surface area (Å²) in [4.78, 5) is 0. The third-order valence-corrected chi connectivity index (χ3v) is 3.19. The van der Waals surface area contributed by atoms with E-state index in [1.165, 1.54) is 6.26 Å². The predicted molar refractivity (Wildman–Crippen MR) is 56.4 cm³/mol. The molecule has 13 heavy (non-hydrogen) atoms. The lowest BCUT2D eigenvalue weighted by Crippen LogP contribution is -2.15. The third kappa shape index (κ3) is 8.25. The fourth-order valence-corrected chi connectivity index (χ4v) is 2.11. The molecule has 0 aromatic carbocycles. The standard InChI is InChI=1S/C9H21NO2S/c1-3-5-9(8-10)6-4-7-13(2,11)12/h9H,3-8,10H2,1-2H3. The molecule has 0 fully saturated rings. The van der Waals surface area contributed by atoms with Gasteiger partial charge in [-0.25, -0.2) is 8.42 Å². The van der Waals surface area contributed by atoms with E-state index in [0.717, 1.165) is 25.7 Å². The monoisotopic (exact) mass is 207 g/mol. The van der Waals surface area contributed by atoms with Crippen molar-refractivity contribution in [2.45, 2.75) is 32.6 Å². The summed E-state index contributed by atoms with van der Waals surface area (Å²) in [6, 6.07) is 0. The summed E-state index contributed by atoms with van der Waals surface area (Å²) >= 11 is 0. The maximum Gasteiger partial charge on any atom is 0.147 e. The molecule has 0 saturated carbocycles. The second kappa shape index (κ2) is 6.38. The molecule has 1 atom stereocenters. The van der Waals surface area contributed by atoms with Crippen LogP contribution in [0.1, 0.15) is 32.6 Å². The average Bonchev–Trinajstić information content (AvgIpc) is 2.01. The molecular formula is C9H21NO2S. The molecule has 1 unspecified atom stereocenters. The Morgan fingerprint density at radius 3 is 2.31 bits per heavy atom. The van der Waals surface area contributed by atoms with Crippen LogP contribution in [-0.2, 0) is 9.84 Å². The van der Waals surface area contributed by atoms with E-state index < -0.39 is 9.84 Å². The van der Waals surface area contributed by atoms with Crippen molar-refractivity contribution in [3.8, 4) is 0 Å². The van der Waals surface area contributed by atoms with Crippen molar-refractivity contribution in [3.63, 3.8) is 0 Å².